The van der Waals surface area contributed by atoms with E-state index in [1.54, 1.807) is 12.7 Å². The fourth-order valence-corrected chi connectivity index (χ4v) is 3.27. The minimum atomic E-state index is 0.917. The quantitative estimate of drug-likeness (QED) is 0.807. The number of hydrogen-bond acceptors (Lipinski definition) is 2. The molecule has 2 heteroatoms. The molecule has 1 aliphatic heterocycles. The fraction of sp³-hybridized carbons (Fsp3) is 0.333. The molecule has 0 saturated carbocycles. The standard InChI is InChI=1S/C21H25NO/c1-17(19-10-12-21(23-2)13-11-19)20-9-6-14-22(16-20)15-18-7-4-3-5-8-18/h3-5,7-8,10-13H,6,9,14-16H2,1-2H3. The zero-order valence-electron chi connectivity index (χ0n) is 14.1. The number of ether oxygens (including phenoxy) is 1. The summed E-state index contributed by atoms with van der Waals surface area (Å²) in [5.41, 5.74) is 5.70. The van der Waals surface area contributed by atoms with E-state index >= 15 is 0 Å². The van der Waals surface area contributed by atoms with Crippen LogP contribution >= 0.6 is 0 Å². The largest absolute Gasteiger partial charge is 0.497 e. The lowest BCUT2D eigenvalue weighted by Gasteiger charge is -2.30. The monoisotopic (exact) mass is 307 g/mol. The Bertz CT molecular complexity index is 658. The molecule has 1 fully saturated rings. The molecule has 3 rings (SSSR count). The molecular weight excluding hydrogens is 282 g/mol. The van der Waals surface area contributed by atoms with Crippen LogP contribution in [0.5, 0.6) is 5.75 Å². The van der Waals surface area contributed by atoms with Crippen molar-refractivity contribution < 1.29 is 4.74 Å². The number of allylic oxidation sites excluding steroid dienone is 1. The highest BCUT2D eigenvalue weighted by Crippen LogP contribution is 2.27. The predicted octanol–water partition coefficient (Wildman–Crippen LogP) is 4.76. The van der Waals surface area contributed by atoms with Crippen LogP contribution in [0.4, 0.5) is 0 Å². The maximum atomic E-state index is 5.25. The molecule has 0 aliphatic carbocycles. The van der Waals surface area contributed by atoms with E-state index in [-0.39, 0.29) is 0 Å². The van der Waals surface area contributed by atoms with Gasteiger partial charge in [0.2, 0.25) is 0 Å². The van der Waals surface area contributed by atoms with Crippen LogP contribution in [0, 0.1) is 0 Å². The van der Waals surface area contributed by atoms with Crippen LogP contribution in [-0.4, -0.2) is 25.1 Å². The van der Waals surface area contributed by atoms with Gasteiger partial charge < -0.3 is 4.74 Å². The first-order valence-corrected chi connectivity index (χ1v) is 8.35. The first kappa shape index (κ1) is 15.8. The fourth-order valence-electron chi connectivity index (χ4n) is 3.27. The lowest BCUT2D eigenvalue weighted by Crippen LogP contribution is -2.31. The molecule has 0 unspecified atom stereocenters. The van der Waals surface area contributed by atoms with Gasteiger partial charge >= 0.3 is 0 Å². The number of likely N-dealkylation sites (tertiary alicyclic amines) is 1. The van der Waals surface area contributed by atoms with Crippen molar-refractivity contribution in [3.05, 3.63) is 71.3 Å². The highest BCUT2D eigenvalue weighted by atomic mass is 16.5. The minimum absolute atomic E-state index is 0.917. The van der Waals surface area contributed by atoms with E-state index in [0.29, 0.717) is 0 Å². The van der Waals surface area contributed by atoms with Crippen molar-refractivity contribution in [2.45, 2.75) is 26.3 Å². The van der Waals surface area contributed by atoms with Gasteiger partial charge in [0.25, 0.3) is 0 Å². The highest BCUT2D eigenvalue weighted by molar-refractivity contribution is 5.67. The Morgan fingerprint density at radius 2 is 1.78 bits per heavy atom. The zero-order chi connectivity index (χ0) is 16.1. The van der Waals surface area contributed by atoms with Crippen LogP contribution in [0.15, 0.2) is 60.2 Å². The first-order chi connectivity index (χ1) is 11.3. The van der Waals surface area contributed by atoms with Gasteiger partial charge in [-0.2, -0.15) is 0 Å². The van der Waals surface area contributed by atoms with Gasteiger partial charge in [0, 0.05) is 13.1 Å². The normalized spacial score (nSPS) is 17.8. The molecule has 1 heterocycles. The maximum absolute atomic E-state index is 5.25. The lowest BCUT2D eigenvalue weighted by atomic mass is 9.95. The van der Waals surface area contributed by atoms with E-state index in [2.05, 4.69) is 54.3 Å². The van der Waals surface area contributed by atoms with Crippen molar-refractivity contribution in [2.75, 3.05) is 20.2 Å². The second-order valence-corrected chi connectivity index (χ2v) is 6.26. The second-order valence-electron chi connectivity index (χ2n) is 6.26. The lowest BCUT2D eigenvalue weighted by molar-refractivity contribution is 0.258. The average molecular weight is 307 g/mol. The van der Waals surface area contributed by atoms with Gasteiger partial charge in [0.05, 0.1) is 7.11 Å². The maximum Gasteiger partial charge on any atom is 0.118 e. The summed E-state index contributed by atoms with van der Waals surface area (Å²) in [6.07, 6.45) is 2.46. The molecule has 23 heavy (non-hydrogen) atoms. The molecule has 1 aliphatic rings. The number of hydrogen-bond donors (Lipinski definition) is 0. The van der Waals surface area contributed by atoms with Gasteiger partial charge in [-0.15, -0.1) is 0 Å². The molecule has 0 aromatic heterocycles. The number of nitrogens with zero attached hydrogens (tertiary/aromatic N) is 1. The Balaban J connectivity index is 1.73. The molecule has 0 radical (unpaired) electrons. The van der Waals surface area contributed by atoms with Gasteiger partial charge in [-0.25, -0.2) is 0 Å². The van der Waals surface area contributed by atoms with E-state index in [9.17, 15) is 0 Å². The van der Waals surface area contributed by atoms with Crippen LogP contribution in [0.1, 0.15) is 30.9 Å². The summed E-state index contributed by atoms with van der Waals surface area (Å²) >= 11 is 0. The summed E-state index contributed by atoms with van der Waals surface area (Å²) in [4.78, 5) is 2.56. The van der Waals surface area contributed by atoms with Gasteiger partial charge in [-0.1, -0.05) is 48.0 Å². The Morgan fingerprint density at radius 3 is 2.48 bits per heavy atom. The van der Waals surface area contributed by atoms with Crippen LogP contribution in [0.2, 0.25) is 0 Å². The third-order valence-corrected chi connectivity index (χ3v) is 4.67. The van der Waals surface area contributed by atoms with Gasteiger partial charge in [-0.05, 0) is 55.1 Å². The van der Waals surface area contributed by atoms with Crippen molar-refractivity contribution in [3.63, 3.8) is 0 Å². The van der Waals surface area contributed by atoms with E-state index in [1.807, 2.05) is 12.1 Å². The molecule has 0 amide bonds. The highest BCUT2D eigenvalue weighted by Gasteiger charge is 2.16. The molecule has 120 valence electrons. The van der Waals surface area contributed by atoms with Gasteiger partial charge in [-0.3, -0.25) is 4.90 Å². The van der Waals surface area contributed by atoms with E-state index in [0.717, 1.165) is 18.8 Å². The topological polar surface area (TPSA) is 12.5 Å². The Morgan fingerprint density at radius 1 is 1.04 bits per heavy atom. The van der Waals surface area contributed by atoms with Crippen LogP contribution < -0.4 is 4.74 Å². The number of benzene rings is 2. The number of methoxy groups -OCH3 is 1. The summed E-state index contributed by atoms with van der Waals surface area (Å²) in [7, 11) is 1.71. The summed E-state index contributed by atoms with van der Waals surface area (Å²) in [5, 5.41) is 0. The van der Waals surface area contributed by atoms with E-state index in [1.165, 1.54) is 36.1 Å². The first-order valence-electron chi connectivity index (χ1n) is 8.35. The average Bonchev–Trinajstić information content (AvgIpc) is 2.62. The third-order valence-electron chi connectivity index (χ3n) is 4.67. The van der Waals surface area contributed by atoms with Crippen molar-refractivity contribution in [1.29, 1.82) is 0 Å². The molecule has 0 spiro atoms. The van der Waals surface area contributed by atoms with Crippen LogP contribution in [-0.2, 0) is 6.54 Å². The molecular formula is C21H25NO. The van der Waals surface area contributed by atoms with Crippen LogP contribution in [0.25, 0.3) is 5.57 Å². The molecule has 0 N–H and O–H groups in total. The molecule has 1 saturated heterocycles. The van der Waals surface area contributed by atoms with E-state index in [4.69, 9.17) is 4.74 Å². The predicted molar refractivity (Wildman–Crippen MR) is 96.5 cm³/mol. The summed E-state index contributed by atoms with van der Waals surface area (Å²) in [5.74, 6) is 0.917. The van der Waals surface area contributed by atoms with E-state index < -0.39 is 0 Å². The smallest absolute Gasteiger partial charge is 0.118 e. The Kier molecular flexibility index (Phi) is 5.14. The molecule has 2 aromatic carbocycles. The molecule has 0 bridgehead atoms. The SMILES string of the molecule is COc1ccc(C(C)=C2CCCN(Cc3ccccc3)C2)cc1. The molecule has 2 aromatic rings. The summed E-state index contributed by atoms with van der Waals surface area (Å²) in [6, 6.07) is 19.2. The molecule has 2 nitrogen and oxygen atoms in total. The second kappa shape index (κ2) is 7.47. The van der Waals surface area contributed by atoms with Crippen molar-refractivity contribution in [2.24, 2.45) is 0 Å². The Hall–Kier alpha value is -2.06. The van der Waals surface area contributed by atoms with Crippen molar-refractivity contribution in [3.8, 4) is 5.75 Å². The van der Waals surface area contributed by atoms with Crippen molar-refractivity contribution >= 4 is 5.57 Å². The van der Waals surface area contributed by atoms with Gasteiger partial charge in [0.15, 0.2) is 0 Å². The summed E-state index contributed by atoms with van der Waals surface area (Å²) < 4.78 is 5.25. The third kappa shape index (κ3) is 4.02. The van der Waals surface area contributed by atoms with Gasteiger partial charge in [0.1, 0.15) is 5.75 Å². The Labute approximate surface area is 139 Å². The number of rotatable bonds is 4. The minimum Gasteiger partial charge on any atom is -0.497 e. The van der Waals surface area contributed by atoms with Crippen LogP contribution in [0.3, 0.4) is 0 Å². The summed E-state index contributed by atoms with van der Waals surface area (Å²) in [6.45, 7) is 5.56. The van der Waals surface area contributed by atoms with Crippen molar-refractivity contribution in [1.82, 2.24) is 4.90 Å². The number of piperidine rings is 1. The zero-order valence-corrected chi connectivity index (χ0v) is 14.1. The molecule has 0 atom stereocenters.